The minimum Gasteiger partial charge on any atom is -0.355 e. The summed E-state index contributed by atoms with van der Waals surface area (Å²) in [6.45, 7) is 2.04. The molecule has 0 atom stereocenters. The van der Waals surface area contributed by atoms with E-state index in [9.17, 15) is 8.42 Å². The lowest BCUT2D eigenvalue weighted by molar-refractivity contribution is 0.601. The van der Waals surface area contributed by atoms with Crippen LogP contribution in [0, 0.1) is 0 Å². The predicted molar refractivity (Wildman–Crippen MR) is 110 cm³/mol. The molecular formula is C22H20N2O2S. The highest BCUT2D eigenvalue weighted by molar-refractivity contribution is 7.92. The molecule has 136 valence electrons. The van der Waals surface area contributed by atoms with Gasteiger partial charge in [-0.25, -0.2) is 8.42 Å². The van der Waals surface area contributed by atoms with E-state index in [1.165, 1.54) is 0 Å². The second-order valence-corrected chi connectivity index (χ2v) is 8.13. The second kappa shape index (κ2) is 6.93. The van der Waals surface area contributed by atoms with E-state index in [1.54, 1.807) is 24.3 Å². The third-order valence-corrected chi connectivity index (χ3v) is 6.02. The van der Waals surface area contributed by atoms with E-state index in [0.29, 0.717) is 5.69 Å². The molecule has 0 aliphatic heterocycles. The number of benzene rings is 3. The van der Waals surface area contributed by atoms with Crippen molar-refractivity contribution in [3.8, 4) is 11.3 Å². The van der Waals surface area contributed by atoms with Crippen molar-refractivity contribution in [3.05, 3.63) is 84.4 Å². The first kappa shape index (κ1) is 17.4. The normalized spacial score (nSPS) is 11.6. The molecule has 1 aromatic heterocycles. The van der Waals surface area contributed by atoms with Gasteiger partial charge in [-0.2, -0.15) is 0 Å². The quantitative estimate of drug-likeness (QED) is 0.503. The lowest BCUT2D eigenvalue weighted by Crippen LogP contribution is -2.12. The van der Waals surface area contributed by atoms with E-state index in [4.69, 9.17) is 0 Å². The van der Waals surface area contributed by atoms with Crippen molar-refractivity contribution in [2.45, 2.75) is 18.2 Å². The summed E-state index contributed by atoms with van der Waals surface area (Å²) in [6, 6.07) is 24.5. The molecule has 0 unspecified atom stereocenters. The number of nitrogens with one attached hydrogen (secondary N) is 2. The standard InChI is InChI=1S/C22H20N2O2S/c1-2-16-7-13-20(14-8-16)27(25,26)24-19-11-9-17(10-12-19)22-15-18-5-3-4-6-21(18)23-22/h3-15,23-24H,2H2,1H3. The second-order valence-electron chi connectivity index (χ2n) is 6.45. The van der Waals surface area contributed by atoms with Crippen LogP contribution in [0.15, 0.2) is 83.8 Å². The largest absolute Gasteiger partial charge is 0.355 e. The van der Waals surface area contributed by atoms with Crippen LogP contribution in [-0.2, 0) is 16.4 Å². The van der Waals surface area contributed by atoms with Crippen LogP contribution < -0.4 is 4.72 Å². The van der Waals surface area contributed by atoms with E-state index >= 15 is 0 Å². The average molecular weight is 376 g/mol. The molecule has 4 rings (SSSR count). The van der Waals surface area contributed by atoms with Crippen molar-refractivity contribution < 1.29 is 8.42 Å². The van der Waals surface area contributed by atoms with Gasteiger partial charge in [0.05, 0.1) is 4.90 Å². The van der Waals surface area contributed by atoms with Gasteiger partial charge in [0.1, 0.15) is 0 Å². The fraction of sp³-hybridized carbons (Fsp3) is 0.0909. The molecule has 2 N–H and O–H groups in total. The number of H-pyrrole nitrogens is 1. The number of fused-ring (bicyclic) bond motifs is 1. The van der Waals surface area contributed by atoms with E-state index in [0.717, 1.165) is 34.1 Å². The summed E-state index contributed by atoms with van der Waals surface area (Å²) in [5.74, 6) is 0. The Labute approximate surface area is 158 Å². The molecule has 0 aliphatic rings. The van der Waals surface area contributed by atoms with Gasteiger partial charge in [0, 0.05) is 22.3 Å². The van der Waals surface area contributed by atoms with Crippen LogP contribution in [0.3, 0.4) is 0 Å². The van der Waals surface area contributed by atoms with Crippen molar-refractivity contribution in [3.63, 3.8) is 0 Å². The van der Waals surface area contributed by atoms with E-state index in [-0.39, 0.29) is 4.90 Å². The first-order chi connectivity index (χ1) is 13.0. The summed E-state index contributed by atoms with van der Waals surface area (Å²) in [5, 5.41) is 1.15. The zero-order chi connectivity index (χ0) is 18.9. The lowest BCUT2D eigenvalue weighted by atomic mass is 10.1. The smallest absolute Gasteiger partial charge is 0.261 e. The van der Waals surface area contributed by atoms with E-state index < -0.39 is 10.0 Å². The first-order valence-corrected chi connectivity index (χ1v) is 10.3. The molecule has 0 spiro atoms. The third kappa shape index (κ3) is 3.59. The van der Waals surface area contributed by atoms with Gasteiger partial charge >= 0.3 is 0 Å². The zero-order valence-corrected chi connectivity index (χ0v) is 15.8. The highest BCUT2D eigenvalue weighted by Crippen LogP contribution is 2.26. The molecule has 3 aromatic carbocycles. The number of hydrogen-bond donors (Lipinski definition) is 2. The van der Waals surface area contributed by atoms with E-state index in [2.05, 4.69) is 21.8 Å². The molecule has 1 heterocycles. The number of aromatic nitrogens is 1. The SMILES string of the molecule is CCc1ccc(S(=O)(=O)Nc2ccc(-c3cc4ccccc4[nH]3)cc2)cc1. The summed E-state index contributed by atoms with van der Waals surface area (Å²) in [4.78, 5) is 3.64. The molecule has 0 saturated heterocycles. The van der Waals surface area contributed by atoms with Crippen LogP contribution in [0.5, 0.6) is 0 Å². The van der Waals surface area contributed by atoms with Gasteiger partial charge in [0.2, 0.25) is 0 Å². The Morgan fingerprint density at radius 1 is 0.889 bits per heavy atom. The van der Waals surface area contributed by atoms with Crippen LogP contribution in [0.2, 0.25) is 0 Å². The average Bonchev–Trinajstić information content (AvgIpc) is 3.12. The Morgan fingerprint density at radius 3 is 2.26 bits per heavy atom. The molecule has 0 saturated carbocycles. The van der Waals surface area contributed by atoms with Crippen LogP contribution in [0.4, 0.5) is 5.69 Å². The maximum absolute atomic E-state index is 12.6. The summed E-state index contributed by atoms with van der Waals surface area (Å²) in [5.41, 5.74) is 4.72. The first-order valence-electron chi connectivity index (χ1n) is 8.85. The number of aryl methyl sites for hydroxylation is 1. The van der Waals surface area contributed by atoms with Crippen molar-refractivity contribution in [1.82, 2.24) is 4.98 Å². The molecule has 0 fully saturated rings. The summed E-state index contributed by atoms with van der Waals surface area (Å²) < 4.78 is 27.8. The van der Waals surface area contributed by atoms with Crippen molar-refractivity contribution in [1.29, 1.82) is 0 Å². The highest BCUT2D eigenvalue weighted by atomic mass is 32.2. The van der Waals surface area contributed by atoms with Crippen LogP contribution in [-0.4, -0.2) is 13.4 Å². The number of anilines is 1. The van der Waals surface area contributed by atoms with Crippen molar-refractivity contribution >= 4 is 26.6 Å². The summed E-state index contributed by atoms with van der Waals surface area (Å²) in [7, 11) is -3.59. The molecular weight excluding hydrogens is 356 g/mol. The van der Waals surface area contributed by atoms with Gasteiger partial charge in [-0.3, -0.25) is 4.72 Å². The van der Waals surface area contributed by atoms with Crippen LogP contribution >= 0.6 is 0 Å². The number of para-hydroxylation sites is 1. The van der Waals surface area contributed by atoms with Crippen LogP contribution in [0.25, 0.3) is 22.2 Å². The van der Waals surface area contributed by atoms with Gasteiger partial charge in [0.15, 0.2) is 0 Å². The molecule has 5 heteroatoms. The lowest BCUT2D eigenvalue weighted by Gasteiger charge is -2.09. The monoisotopic (exact) mass is 376 g/mol. The van der Waals surface area contributed by atoms with Gasteiger partial charge < -0.3 is 4.98 Å². The molecule has 0 bridgehead atoms. The number of rotatable bonds is 5. The Morgan fingerprint density at radius 2 is 1.59 bits per heavy atom. The maximum atomic E-state index is 12.6. The minimum atomic E-state index is -3.59. The topological polar surface area (TPSA) is 62.0 Å². The summed E-state index contributed by atoms with van der Waals surface area (Å²) >= 11 is 0. The molecule has 0 radical (unpaired) electrons. The van der Waals surface area contributed by atoms with Gasteiger partial charge in [-0.15, -0.1) is 0 Å². The Bertz CT molecular complexity index is 1140. The fourth-order valence-electron chi connectivity index (χ4n) is 3.07. The Hall–Kier alpha value is -3.05. The zero-order valence-electron chi connectivity index (χ0n) is 14.9. The van der Waals surface area contributed by atoms with Gasteiger partial charge in [-0.05, 0) is 53.9 Å². The van der Waals surface area contributed by atoms with Crippen LogP contribution in [0.1, 0.15) is 12.5 Å². The number of aromatic amines is 1. The molecule has 0 amide bonds. The Kier molecular flexibility index (Phi) is 4.46. The molecule has 27 heavy (non-hydrogen) atoms. The van der Waals surface area contributed by atoms with Crippen molar-refractivity contribution in [2.24, 2.45) is 0 Å². The number of hydrogen-bond acceptors (Lipinski definition) is 2. The minimum absolute atomic E-state index is 0.263. The third-order valence-electron chi connectivity index (χ3n) is 4.62. The predicted octanol–water partition coefficient (Wildman–Crippen LogP) is 5.20. The number of sulfonamides is 1. The molecule has 0 aliphatic carbocycles. The van der Waals surface area contributed by atoms with Crippen molar-refractivity contribution in [2.75, 3.05) is 4.72 Å². The van der Waals surface area contributed by atoms with Gasteiger partial charge in [0.25, 0.3) is 10.0 Å². The Balaban J connectivity index is 1.56. The highest BCUT2D eigenvalue weighted by Gasteiger charge is 2.14. The molecule has 4 nitrogen and oxygen atoms in total. The molecule has 4 aromatic rings. The fourth-order valence-corrected chi connectivity index (χ4v) is 4.12. The maximum Gasteiger partial charge on any atom is 0.261 e. The summed E-state index contributed by atoms with van der Waals surface area (Å²) in [6.07, 6.45) is 0.878. The van der Waals surface area contributed by atoms with Gasteiger partial charge in [-0.1, -0.05) is 49.4 Å². The van der Waals surface area contributed by atoms with E-state index in [1.807, 2.05) is 49.4 Å².